The van der Waals surface area contributed by atoms with Gasteiger partial charge in [-0.15, -0.1) is 0 Å². The molecule has 1 saturated heterocycles. The van der Waals surface area contributed by atoms with Crippen LogP contribution in [0, 0.1) is 0 Å². The Labute approximate surface area is 77.0 Å². The van der Waals surface area contributed by atoms with Gasteiger partial charge in [0, 0.05) is 9.52 Å². The molecule has 1 fully saturated rings. The minimum atomic E-state index is -5.08. The fourth-order valence-corrected chi connectivity index (χ4v) is 2.83. The van der Waals surface area contributed by atoms with Crippen LogP contribution in [-0.4, -0.2) is 26.8 Å². The standard InChI is InChI=1S/C5H12Si.C2HF3O2/c1-2-4-6-5-3-1;3-2(4,5)1(6)7/h1-6H2;(H,6,7). The summed E-state index contributed by atoms with van der Waals surface area (Å²) in [7, 11) is 0.508. The van der Waals surface area contributed by atoms with Crippen molar-refractivity contribution in [1.82, 2.24) is 0 Å². The van der Waals surface area contributed by atoms with Crippen molar-refractivity contribution in [3.8, 4) is 0 Å². The van der Waals surface area contributed by atoms with Crippen molar-refractivity contribution in [1.29, 1.82) is 0 Å². The van der Waals surface area contributed by atoms with Crippen LogP contribution < -0.4 is 0 Å². The lowest BCUT2D eigenvalue weighted by atomic mass is 10.3. The second-order valence-corrected chi connectivity index (χ2v) is 5.05. The van der Waals surface area contributed by atoms with Crippen LogP contribution in [0.15, 0.2) is 0 Å². The van der Waals surface area contributed by atoms with Gasteiger partial charge in [-0.3, -0.25) is 0 Å². The van der Waals surface area contributed by atoms with E-state index in [9.17, 15) is 13.2 Å². The summed E-state index contributed by atoms with van der Waals surface area (Å²) < 4.78 is 31.7. The summed E-state index contributed by atoms with van der Waals surface area (Å²) in [6.07, 6.45) is -0.425. The van der Waals surface area contributed by atoms with Crippen molar-refractivity contribution in [2.45, 2.75) is 37.5 Å². The number of carboxylic acids is 1. The van der Waals surface area contributed by atoms with Gasteiger partial charge in [0.05, 0.1) is 0 Å². The van der Waals surface area contributed by atoms with Crippen LogP contribution in [0.2, 0.25) is 12.1 Å². The van der Waals surface area contributed by atoms with E-state index in [2.05, 4.69) is 0 Å². The lowest BCUT2D eigenvalue weighted by Gasteiger charge is -2.04. The zero-order valence-corrected chi connectivity index (χ0v) is 8.65. The summed E-state index contributed by atoms with van der Waals surface area (Å²) in [4.78, 5) is 8.90. The highest BCUT2D eigenvalue weighted by Gasteiger charge is 2.38. The molecule has 1 rings (SSSR count). The van der Waals surface area contributed by atoms with E-state index in [1.165, 1.54) is 6.42 Å². The smallest absolute Gasteiger partial charge is 0.475 e. The number of hydrogen-bond acceptors (Lipinski definition) is 1. The molecule has 0 radical (unpaired) electrons. The molecule has 0 aliphatic carbocycles. The normalized spacial score (nSPS) is 17.2. The molecule has 1 aliphatic heterocycles. The van der Waals surface area contributed by atoms with E-state index in [1.54, 1.807) is 24.9 Å². The third-order valence-corrected chi connectivity index (χ3v) is 3.74. The highest BCUT2D eigenvalue weighted by Crippen LogP contribution is 2.13. The van der Waals surface area contributed by atoms with Crippen molar-refractivity contribution in [3.63, 3.8) is 0 Å². The van der Waals surface area contributed by atoms with E-state index in [0.717, 1.165) is 0 Å². The molecule has 1 aliphatic rings. The Bertz CT molecular complexity index is 143. The number of carbonyl (C=O) groups is 1. The van der Waals surface area contributed by atoms with Crippen molar-refractivity contribution in [2.75, 3.05) is 0 Å². The average molecular weight is 214 g/mol. The average Bonchev–Trinajstić information content (AvgIpc) is 2.07. The first-order chi connectivity index (χ1) is 5.94. The van der Waals surface area contributed by atoms with E-state index < -0.39 is 12.1 Å². The van der Waals surface area contributed by atoms with Gasteiger partial charge in [0.2, 0.25) is 0 Å². The Morgan fingerprint density at radius 1 is 1.15 bits per heavy atom. The lowest BCUT2D eigenvalue weighted by molar-refractivity contribution is -0.192. The maximum absolute atomic E-state index is 10.6. The molecular weight excluding hydrogens is 201 g/mol. The molecule has 0 unspecified atom stereocenters. The van der Waals surface area contributed by atoms with Crippen molar-refractivity contribution in [2.24, 2.45) is 0 Å². The summed E-state index contributed by atoms with van der Waals surface area (Å²) in [5.74, 6) is -2.76. The minimum absolute atomic E-state index is 0.508. The predicted molar refractivity (Wildman–Crippen MR) is 45.7 cm³/mol. The van der Waals surface area contributed by atoms with E-state index in [-0.39, 0.29) is 0 Å². The van der Waals surface area contributed by atoms with Gasteiger partial charge in [-0.1, -0.05) is 31.4 Å². The van der Waals surface area contributed by atoms with Crippen LogP contribution in [0.1, 0.15) is 19.3 Å². The molecule has 78 valence electrons. The maximum Gasteiger partial charge on any atom is 0.490 e. The Hall–Kier alpha value is -0.523. The molecule has 0 saturated carbocycles. The summed E-state index contributed by atoms with van der Waals surface area (Å²) in [6.45, 7) is 0. The fourth-order valence-electron chi connectivity index (χ4n) is 1.06. The first kappa shape index (κ1) is 12.5. The summed E-state index contributed by atoms with van der Waals surface area (Å²) >= 11 is 0. The van der Waals surface area contributed by atoms with Gasteiger partial charge >= 0.3 is 12.1 Å². The monoisotopic (exact) mass is 214 g/mol. The molecule has 0 aromatic rings. The summed E-state index contributed by atoms with van der Waals surface area (Å²) in [5, 5.41) is 7.12. The fraction of sp³-hybridized carbons (Fsp3) is 0.857. The lowest BCUT2D eigenvalue weighted by Crippen LogP contribution is -2.21. The second kappa shape index (κ2) is 6.01. The van der Waals surface area contributed by atoms with Gasteiger partial charge in [0.15, 0.2) is 0 Å². The Kier molecular flexibility index (Phi) is 5.77. The molecule has 0 aromatic carbocycles. The quantitative estimate of drug-likeness (QED) is 0.624. The Balaban J connectivity index is 0.000000223. The topological polar surface area (TPSA) is 37.3 Å². The van der Waals surface area contributed by atoms with Gasteiger partial charge in [-0.05, 0) is 0 Å². The molecule has 1 heterocycles. The third-order valence-electron chi connectivity index (χ3n) is 1.74. The van der Waals surface area contributed by atoms with Gasteiger partial charge < -0.3 is 5.11 Å². The van der Waals surface area contributed by atoms with Crippen LogP contribution in [0.4, 0.5) is 13.2 Å². The maximum atomic E-state index is 10.6. The molecular formula is C7H13F3O2Si. The van der Waals surface area contributed by atoms with Crippen LogP contribution >= 0.6 is 0 Å². The number of carboxylic acid groups (broad SMARTS) is 1. The van der Waals surface area contributed by atoms with Gasteiger partial charge in [0.25, 0.3) is 0 Å². The molecule has 1 N–H and O–H groups in total. The minimum Gasteiger partial charge on any atom is -0.475 e. The van der Waals surface area contributed by atoms with E-state index in [0.29, 0.717) is 9.52 Å². The van der Waals surface area contributed by atoms with Crippen LogP contribution in [0.25, 0.3) is 0 Å². The van der Waals surface area contributed by atoms with Gasteiger partial charge in [-0.2, -0.15) is 13.2 Å². The number of halogens is 3. The van der Waals surface area contributed by atoms with E-state index in [4.69, 9.17) is 9.90 Å². The van der Waals surface area contributed by atoms with Crippen molar-refractivity contribution in [3.05, 3.63) is 0 Å². The second-order valence-electron chi connectivity index (χ2n) is 2.92. The van der Waals surface area contributed by atoms with E-state index >= 15 is 0 Å². The molecule has 0 bridgehead atoms. The molecule has 0 spiro atoms. The Morgan fingerprint density at radius 2 is 1.54 bits per heavy atom. The van der Waals surface area contributed by atoms with Gasteiger partial charge in [-0.25, -0.2) is 4.79 Å². The SMILES string of the molecule is C1CC[SiH2]CC1.O=C(O)C(F)(F)F. The van der Waals surface area contributed by atoms with Crippen LogP contribution in [0.5, 0.6) is 0 Å². The third kappa shape index (κ3) is 7.83. The van der Waals surface area contributed by atoms with Crippen LogP contribution in [-0.2, 0) is 4.79 Å². The molecule has 0 amide bonds. The zero-order chi connectivity index (χ0) is 10.3. The first-order valence-corrected chi connectivity index (χ1v) is 6.24. The predicted octanol–water partition coefficient (Wildman–Crippen LogP) is 1.81. The number of hydrogen-bond donors (Lipinski definition) is 1. The van der Waals surface area contributed by atoms with Gasteiger partial charge in [0.1, 0.15) is 0 Å². The largest absolute Gasteiger partial charge is 0.490 e. The zero-order valence-electron chi connectivity index (χ0n) is 7.23. The number of alkyl halides is 3. The molecule has 0 atom stereocenters. The highest BCUT2D eigenvalue weighted by atomic mass is 28.2. The number of rotatable bonds is 0. The molecule has 13 heavy (non-hydrogen) atoms. The first-order valence-electron chi connectivity index (χ1n) is 4.24. The molecule has 0 aromatic heterocycles. The molecule has 6 heteroatoms. The molecule has 2 nitrogen and oxygen atoms in total. The summed E-state index contributed by atoms with van der Waals surface area (Å²) in [6, 6.07) is 3.28. The number of aliphatic carboxylic acids is 1. The van der Waals surface area contributed by atoms with E-state index in [1.807, 2.05) is 0 Å². The van der Waals surface area contributed by atoms with Crippen LogP contribution in [0.3, 0.4) is 0 Å². The summed E-state index contributed by atoms with van der Waals surface area (Å²) in [5.41, 5.74) is 0. The van der Waals surface area contributed by atoms with Crippen molar-refractivity contribution >= 4 is 15.5 Å². The highest BCUT2D eigenvalue weighted by molar-refractivity contribution is 6.35. The Morgan fingerprint density at radius 3 is 1.62 bits per heavy atom. The van der Waals surface area contributed by atoms with Crippen molar-refractivity contribution < 1.29 is 23.1 Å².